The summed E-state index contributed by atoms with van der Waals surface area (Å²) < 4.78 is 11.0. The molecule has 0 saturated heterocycles. The van der Waals surface area contributed by atoms with Gasteiger partial charge in [-0.2, -0.15) is 0 Å². The summed E-state index contributed by atoms with van der Waals surface area (Å²) in [6.07, 6.45) is 0. The molecule has 4 aromatic rings. The van der Waals surface area contributed by atoms with Gasteiger partial charge in [-0.3, -0.25) is 0 Å². The van der Waals surface area contributed by atoms with Crippen LogP contribution in [0.3, 0.4) is 0 Å². The number of furan rings is 1. The van der Waals surface area contributed by atoms with Crippen molar-refractivity contribution in [3.8, 4) is 11.3 Å². The van der Waals surface area contributed by atoms with E-state index in [0.717, 1.165) is 5.39 Å². The molecule has 0 aliphatic rings. The fourth-order valence-corrected chi connectivity index (χ4v) is 2.76. The fourth-order valence-electron chi connectivity index (χ4n) is 2.59. The molecule has 0 spiro atoms. The van der Waals surface area contributed by atoms with Crippen molar-refractivity contribution in [1.82, 2.24) is 0 Å². The monoisotopic (exact) mass is 311 g/mol. The summed E-state index contributed by atoms with van der Waals surface area (Å²) in [7, 11) is 0. The summed E-state index contributed by atoms with van der Waals surface area (Å²) in [6, 6.07) is 13.9. The van der Waals surface area contributed by atoms with Crippen molar-refractivity contribution >= 4 is 39.2 Å². The average molecular weight is 312 g/mol. The molecule has 0 amide bonds. The molecule has 0 unspecified atom stereocenters. The maximum Gasteiger partial charge on any atom is 0.336 e. The molecular formula is C17H10ClNO3. The van der Waals surface area contributed by atoms with E-state index < -0.39 is 5.63 Å². The Hall–Kier alpha value is -2.72. The molecule has 0 fully saturated rings. The zero-order valence-corrected chi connectivity index (χ0v) is 12.1. The molecule has 2 aromatic carbocycles. The lowest BCUT2D eigenvalue weighted by Gasteiger charge is -2.04. The van der Waals surface area contributed by atoms with E-state index in [2.05, 4.69) is 0 Å². The minimum atomic E-state index is -0.468. The maximum absolute atomic E-state index is 11.8. The SMILES string of the molecule is Nc1c(-c2cc(=O)oc3ccc(Cl)cc23)oc2ccccc12. The van der Waals surface area contributed by atoms with Crippen molar-refractivity contribution < 1.29 is 8.83 Å². The first-order chi connectivity index (χ1) is 10.6. The van der Waals surface area contributed by atoms with Gasteiger partial charge < -0.3 is 14.6 Å². The van der Waals surface area contributed by atoms with Crippen LogP contribution in [0.4, 0.5) is 5.69 Å². The van der Waals surface area contributed by atoms with Crippen LogP contribution in [0.25, 0.3) is 33.3 Å². The van der Waals surface area contributed by atoms with Crippen LogP contribution in [-0.2, 0) is 0 Å². The number of benzene rings is 2. The topological polar surface area (TPSA) is 69.4 Å². The van der Waals surface area contributed by atoms with E-state index in [-0.39, 0.29) is 0 Å². The summed E-state index contributed by atoms with van der Waals surface area (Å²) in [6.45, 7) is 0. The number of anilines is 1. The molecule has 4 rings (SSSR count). The standard InChI is InChI=1S/C17H10ClNO3/c18-9-5-6-14-11(7-9)12(8-15(20)21-14)17-16(19)10-3-1-2-4-13(10)22-17/h1-8H,19H2. The van der Waals surface area contributed by atoms with E-state index >= 15 is 0 Å². The van der Waals surface area contributed by atoms with Gasteiger partial charge in [-0.1, -0.05) is 23.7 Å². The lowest BCUT2D eigenvalue weighted by Crippen LogP contribution is -1.98. The number of halogens is 1. The first-order valence-corrected chi connectivity index (χ1v) is 7.02. The number of hydrogen-bond donors (Lipinski definition) is 1. The zero-order valence-electron chi connectivity index (χ0n) is 11.3. The zero-order chi connectivity index (χ0) is 15.3. The molecule has 2 aromatic heterocycles. The number of rotatable bonds is 1. The summed E-state index contributed by atoms with van der Waals surface area (Å²) in [5, 5.41) is 2.02. The lowest BCUT2D eigenvalue weighted by atomic mass is 10.1. The number of fused-ring (bicyclic) bond motifs is 2. The normalized spacial score (nSPS) is 11.3. The molecule has 0 aliphatic heterocycles. The summed E-state index contributed by atoms with van der Waals surface area (Å²) in [5.41, 5.74) is 7.89. The molecule has 0 bridgehead atoms. The summed E-state index contributed by atoms with van der Waals surface area (Å²) in [5.74, 6) is 0.446. The first-order valence-electron chi connectivity index (χ1n) is 6.64. The molecule has 0 atom stereocenters. The van der Waals surface area contributed by atoms with Gasteiger partial charge in [0.25, 0.3) is 0 Å². The first kappa shape index (κ1) is 13.0. The number of nitrogen functional groups attached to an aromatic ring is 1. The van der Waals surface area contributed by atoms with Crippen LogP contribution < -0.4 is 11.4 Å². The van der Waals surface area contributed by atoms with Crippen LogP contribution in [-0.4, -0.2) is 0 Å². The van der Waals surface area contributed by atoms with Crippen LogP contribution in [0.15, 0.2) is 62.2 Å². The quantitative estimate of drug-likeness (QED) is 0.527. The van der Waals surface area contributed by atoms with Crippen LogP contribution in [0.2, 0.25) is 5.02 Å². The van der Waals surface area contributed by atoms with Crippen molar-refractivity contribution in [2.75, 3.05) is 5.73 Å². The highest BCUT2D eigenvalue weighted by molar-refractivity contribution is 6.31. The van der Waals surface area contributed by atoms with E-state index in [0.29, 0.717) is 38.6 Å². The largest absolute Gasteiger partial charge is 0.454 e. The highest BCUT2D eigenvalue weighted by Crippen LogP contribution is 2.38. The molecule has 0 radical (unpaired) electrons. The smallest absolute Gasteiger partial charge is 0.336 e. The Kier molecular flexibility index (Phi) is 2.74. The van der Waals surface area contributed by atoms with Crippen molar-refractivity contribution in [2.24, 2.45) is 0 Å². The highest BCUT2D eigenvalue weighted by Gasteiger charge is 2.17. The van der Waals surface area contributed by atoms with Crippen LogP contribution in [0.5, 0.6) is 0 Å². The van der Waals surface area contributed by atoms with E-state index in [1.807, 2.05) is 24.3 Å². The fraction of sp³-hybridized carbons (Fsp3) is 0. The molecular weight excluding hydrogens is 302 g/mol. The number of hydrogen-bond acceptors (Lipinski definition) is 4. The molecule has 108 valence electrons. The molecule has 22 heavy (non-hydrogen) atoms. The highest BCUT2D eigenvalue weighted by atomic mass is 35.5. The van der Waals surface area contributed by atoms with Gasteiger partial charge in [-0.15, -0.1) is 0 Å². The Morgan fingerprint density at radius 3 is 2.50 bits per heavy atom. The second-order valence-electron chi connectivity index (χ2n) is 4.96. The Morgan fingerprint density at radius 2 is 1.68 bits per heavy atom. The third-order valence-corrected chi connectivity index (χ3v) is 3.82. The molecule has 0 saturated carbocycles. The number of para-hydroxylation sites is 1. The van der Waals surface area contributed by atoms with Gasteiger partial charge in [0.05, 0.1) is 5.69 Å². The van der Waals surface area contributed by atoms with Crippen LogP contribution >= 0.6 is 11.6 Å². The van der Waals surface area contributed by atoms with Crippen LogP contribution in [0.1, 0.15) is 0 Å². The van der Waals surface area contributed by atoms with Gasteiger partial charge >= 0.3 is 5.63 Å². The summed E-state index contributed by atoms with van der Waals surface area (Å²) >= 11 is 6.05. The Balaban J connectivity index is 2.14. The molecule has 0 aliphatic carbocycles. The molecule has 2 N–H and O–H groups in total. The van der Waals surface area contributed by atoms with E-state index in [9.17, 15) is 4.79 Å². The van der Waals surface area contributed by atoms with E-state index in [1.165, 1.54) is 6.07 Å². The van der Waals surface area contributed by atoms with Crippen molar-refractivity contribution in [1.29, 1.82) is 0 Å². The second-order valence-corrected chi connectivity index (χ2v) is 5.40. The maximum atomic E-state index is 11.8. The van der Waals surface area contributed by atoms with Gasteiger partial charge in [-0.05, 0) is 30.3 Å². The Bertz CT molecular complexity index is 1080. The summed E-state index contributed by atoms with van der Waals surface area (Å²) in [4.78, 5) is 11.8. The average Bonchev–Trinajstić information content (AvgIpc) is 2.84. The van der Waals surface area contributed by atoms with Gasteiger partial charge in [0.2, 0.25) is 0 Å². The minimum absolute atomic E-state index is 0.437. The molecule has 5 heteroatoms. The van der Waals surface area contributed by atoms with Crippen LogP contribution in [0, 0.1) is 0 Å². The van der Waals surface area contributed by atoms with Crippen molar-refractivity contribution in [3.05, 3.63) is 64.0 Å². The van der Waals surface area contributed by atoms with Gasteiger partial charge in [0.15, 0.2) is 5.76 Å². The third-order valence-electron chi connectivity index (χ3n) is 3.58. The van der Waals surface area contributed by atoms with E-state index in [1.54, 1.807) is 18.2 Å². The molecule has 4 nitrogen and oxygen atoms in total. The predicted molar refractivity (Wildman–Crippen MR) is 87.1 cm³/mol. The lowest BCUT2D eigenvalue weighted by molar-refractivity contribution is 0.560. The Morgan fingerprint density at radius 1 is 0.909 bits per heavy atom. The van der Waals surface area contributed by atoms with Crippen molar-refractivity contribution in [3.63, 3.8) is 0 Å². The molecule has 2 heterocycles. The van der Waals surface area contributed by atoms with Gasteiger partial charge in [-0.25, -0.2) is 4.79 Å². The van der Waals surface area contributed by atoms with E-state index in [4.69, 9.17) is 26.2 Å². The Labute approximate surface area is 129 Å². The predicted octanol–water partition coefficient (Wildman–Crippen LogP) is 4.44. The minimum Gasteiger partial charge on any atom is -0.454 e. The van der Waals surface area contributed by atoms with Gasteiger partial charge in [0.1, 0.15) is 11.2 Å². The second kappa shape index (κ2) is 4.64. The van der Waals surface area contributed by atoms with Gasteiger partial charge in [0, 0.05) is 27.4 Å². The van der Waals surface area contributed by atoms with Crippen molar-refractivity contribution in [2.45, 2.75) is 0 Å². The third kappa shape index (κ3) is 1.89. The number of nitrogens with two attached hydrogens (primary N) is 1.